The van der Waals surface area contributed by atoms with Gasteiger partial charge in [0.1, 0.15) is 5.82 Å². The maximum atomic E-state index is 12.3. The number of aromatic nitrogens is 1. The number of hydrazine groups is 1. The fourth-order valence-electron chi connectivity index (χ4n) is 2.30. The van der Waals surface area contributed by atoms with E-state index in [-0.39, 0.29) is 11.9 Å². The second-order valence-electron chi connectivity index (χ2n) is 5.01. The van der Waals surface area contributed by atoms with Gasteiger partial charge in [0.15, 0.2) is 0 Å². The molecule has 2 rings (SSSR count). The molecule has 1 aliphatic heterocycles. The first-order valence-corrected chi connectivity index (χ1v) is 8.24. The maximum Gasteiger partial charge on any atom is 0.251 e. The molecule has 5 nitrogen and oxygen atoms in total. The summed E-state index contributed by atoms with van der Waals surface area (Å²) in [7, 11) is 0. The van der Waals surface area contributed by atoms with E-state index in [1.54, 1.807) is 6.07 Å². The molecule has 0 bridgehead atoms. The van der Waals surface area contributed by atoms with Gasteiger partial charge in [-0.3, -0.25) is 4.79 Å². The van der Waals surface area contributed by atoms with Gasteiger partial charge in [-0.15, -0.1) is 0 Å². The number of nitrogen functional groups attached to an aromatic ring is 1. The summed E-state index contributed by atoms with van der Waals surface area (Å²) >= 11 is 1.90. The Morgan fingerprint density at radius 1 is 1.55 bits per heavy atom. The highest BCUT2D eigenvalue weighted by molar-refractivity contribution is 7.99. The zero-order chi connectivity index (χ0) is 14.4. The van der Waals surface area contributed by atoms with E-state index in [0.29, 0.717) is 11.4 Å². The predicted octanol–water partition coefficient (Wildman–Crippen LogP) is 1.95. The quantitative estimate of drug-likeness (QED) is 0.571. The van der Waals surface area contributed by atoms with E-state index in [0.717, 1.165) is 30.7 Å². The molecule has 1 fully saturated rings. The summed E-state index contributed by atoms with van der Waals surface area (Å²) in [6.45, 7) is 2.09. The smallest absolute Gasteiger partial charge is 0.251 e. The minimum Gasteiger partial charge on any atom is -0.348 e. The number of aryl methyl sites for hydroxylation is 1. The van der Waals surface area contributed by atoms with E-state index in [9.17, 15) is 4.79 Å². The minimum absolute atomic E-state index is 0.0336. The summed E-state index contributed by atoms with van der Waals surface area (Å²) in [5.41, 5.74) is 4.06. The van der Waals surface area contributed by atoms with Gasteiger partial charge in [-0.05, 0) is 37.1 Å². The summed E-state index contributed by atoms with van der Waals surface area (Å²) in [5.74, 6) is 8.13. The number of hydrogen-bond donors (Lipinski definition) is 3. The second kappa shape index (κ2) is 7.50. The predicted molar refractivity (Wildman–Crippen MR) is 83.9 cm³/mol. The normalized spacial score (nSPS) is 18.6. The number of hydrogen-bond acceptors (Lipinski definition) is 5. The van der Waals surface area contributed by atoms with Crippen molar-refractivity contribution in [2.75, 3.05) is 16.9 Å². The zero-order valence-corrected chi connectivity index (χ0v) is 12.6. The molecule has 0 aromatic carbocycles. The topological polar surface area (TPSA) is 80.0 Å². The Morgan fingerprint density at radius 2 is 2.40 bits per heavy atom. The molecular weight excluding hydrogens is 272 g/mol. The molecule has 0 saturated carbocycles. The molecule has 1 aliphatic rings. The molecule has 0 radical (unpaired) electrons. The van der Waals surface area contributed by atoms with E-state index < -0.39 is 0 Å². The van der Waals surface area contributed by atoms with Crippen LogP contribution < -0.4 is 16.6 Å². The van der Waals surface area contributed by atoms with Gasteiger partial charge in [0.2, 0.25) is 0 Å². The van der Waals surface area contributed by atoms with Crippen molar-refractivity contribution in [2.24, 2.45) is 5.84 Å². The van der Waals surface area contributed by atoms with Crippen LogP contribution in [-0.4, -0.2) is 28.4 Å². The summed E-state index contributed by atoms with van der Waals surface area (Å²) in [5, 5.41) is 3.10. The van der Waals surface area contributed by atoms with Crippen LogP contribution in [0.25, 0.3) is 0 Å². The first-order chi connectivity index (χ1) is 9.72. The molecule has 6 heteroatoms. The van der Waals surface area contributed by atoms with Gasteiger partial charge in [0.25, 0.3) is 5.91 Å². The summed E-state index contributed by atoms with van der Waals surface area (Å²) in [6.07, 6.45) is 4.06. The molecule has 20 heavy (non-hydrogen) atoms. The number of nitrogens with two attached hydrogens (primary N) is 1. The van der Waals surface area contributed by atoms with Crippen molar-refractivity contribution < 1.29 is 4.79 Å². The highest BCUT2D eigenvalue weighted by Gasteiger charge is 2.17. The number of amides is 1. The highest BCUT2D eigenvalue weighted by atomic mass is 32.2. The number of rotatable bonds is 5. The Labute approximate surface area is 124 Å². The maximum absolute atomic E-state index is 12.3. The summed E-state index contributed by atoms with van der Waals surface area (Å²) in [4.78, 5) is 16.7. The highest BCUT2D eigenvalue weighted by Crippen LogP contribution is 2.18. The van der Waals surface area contributed by atoms with Crippen molar-refractivity contribution in [1.29, 1.82) is 0 Å². The second-order valence-corrected chi connectivity index (χ2v) is 6.16. The van der Waals surface area contributed by atoms with Gasteiger partial charge in [-0.2, -0.15) is 11.8 Å². The standard InChI is InChI=1S/C14H22N4OS/c1-2-4-11-7-10(8-13(16-11)18-15)14(19)17-12-5-3-6-20-9-12/h7-8,12H,2-6,9,15H2,1H3,(H,16,18)(H,17,19). The largest absolute Gasteiger partial charge is 0.348 e. The lowest BCUT2D eigenvalue weighted by Crippen LogP contribution is -2.38. The number of carbonyl (C=O) groups excluding carboxylic acids is 1. The molecule has 1 aromatic heterocycles. The third-order valence-electron chi connectivity index (χ3n) is 3.29. The van der Waals surface area contributed by atoms with Crippen molar-refractivity contribution in [1.82, 2.24) is 10.3 Å². The molecule has 1 atom stereocenters. The van der Waals surface area contributed by atoms with Crippen LogP contribution in [0.2, 0.25) is 0 Å². The number of pyridine rings is 1. The molecule has 1 amide bonds. The van der Waals surface area contributed by atoms with Gasteiger partial charge >= 0.3 is 0 Å². The van der Waals surface area contributed by atoms with Crippen molar-refractivity contribution in [2.45, 2.75) is 38.6 Å². The first kappa shape index (κ1) is 15.1. The van der Waals surface area contributed by atoms with Crippen LogP contribution in [0.3, 0.4) is 0 Å². The lowest BCUT2D eigenvalue weighted by molar-refractivity contribution is 0.0938. The van der Waals surface area contributed by atoms with Crippen LogP contribution in [0.1, 0.15) is 42.2 Å². The van der Waals surface area contributed by atoms with Crippen LogP contribution in [0, 0.1) is 0 Å². The first-order valence-electron chi connectivity index (χ1n) is 7.09. The van der Waals surface area contributed by atoms with Crippen molar-refractivity contribution >= 4 is 23.5 Å². The minimum atomic E-state index is -0.0336. The Morgan fingerprint density at radius 3 is 3.05 bits per heavy atom. The average molecular weight is 294 g/mol. The molecule has 1 aromatic rings. The monoisotopic (exact) mass is 294 g/mol. The third kappa shape index (κ3) is 4.11. The van der Waals surface area contributed by atoms with Gasteiger partial charge in [-0.25, -0.2) is 10.8 Å². The van der Waals surface area contributed by atoms with E-state index in [4.69, 9.17) is 5.84 Å². The zero-order valence-electron chi connectivity index (χ0n) is 11.8. The molecule has 1 unspecified atom stereocenters. The number of anilines is 1. The van der Waals surface area contributed by atoms with E-state index in [2.05, 4.69) is 22.7 Å². The molecule has 0 aliphatic carbocycles. The summed E-state index contributed by atoms with van der Waals surface area (Å²) < 4.78 is 0. The molecule has 2 heterocycles. The van der Waals surface area contributed by atoms with Gasteiger partial charge < -0.3 is 10.7 Å². The summed E-state index contributed by atoms with van der Waals surface area (Å²) in [6, 6.07) is 3.83. The number of nitrogens with zero attached hydrogens (tertiary/aromatic N) is 1. The lowest BCUT2D eigenvalue weighted by Gasteiger charge is -2.22. The van der Waals surface area contributed by atoms with E-state index in [1.165, 1.54) is 12.2 Å². The Balaban J connectivity index is 2.09. The Hall–Kier alpha value is -1.27. The lowest BCUT2D eigenvalue weighted by atomic mass is 10.1. The third-order valence-corrected chi connectivity index (χ3v) is 4.51. The van der Waals surface area contributed by atoms with Crippen molar-refractivity contribution in [3.8, 4) is 0 Å². The van der Waals surface area contributed by atoms with Gasteiger partial charge in [0.05, 0.1) is 0 Å². The van der Waals surface area contributed by atoms with E-state index >= 15 is 0 Å². The van der Waals surface area contributed by atoms with Crippen LogP contribution in [-0.2, 0) is 6.42 Å². The SMILES string of the molecule is CCCc1cc(C(=O)NC2CCCSC2)cc(NN)n1. The molecule has 1 saturated heterocycles. The Kier molecular flexibility index (Phi) is 5.67. The van der Waals surface area contributed by atoms with Crippen molar-refractivity contribution in [3.05, 3.63) is 23.4 Å². The molecule has 4 N–H and O–H groups in total. The van der Waals surface area contributed by atoms with Crippen LogP contribution in [0.4, 0.5) is 5.82 Å². The van der Waals surface area contributed by atoms with Crippen LogP contribution in [0.5, 0.6) is 0 Å². The number of thioether (sulfide) groups is 1. The van der Waals surface area contributed by atoms with Crippen LogP contribution >= 0.6 is 11.8 Å². The molecular formula is C14H22N4OS. The van der Waals surface area contributed by atoms with Gasteiger partial charge in [0, 0.05) is 23.1 Å². The van der Waals surface area contributed by atoms with Crippen LogP contribution in [0.15, 0.2) is 12.1 Å². The van der Waals surface area contributed by atoms with Gasteiger partial charge in [-0.1, -0.05) is 13.3 Å². The van der Waals surface area contributed by atoms with E-state index in [1.807, 2.05) is 17.8 Å². The Bertz CT molecular complexity index is 460. The average Bonchev–Trinajstić information content (AvgIpc) is 2.48. The fraction of sp³-hybridized carbons (Fsp3) is 0.571. The molecule has 110 valence electrons. The number of nitrogens with one attached hydrogen (secondary N) is 2. The number of carbonyl (C=O) groups is 1. The fourth-order valence-corrected chi connectivity index (χ4v) is 3.37. The molecule has 0 spiro atoms. The van der Waals surface area contributed by atoms with Crippen molar-refractivity contribution in [3.63, 3.8) is 0 Å².